The Morgan fingerprint density at radius 2 is 2.10 bits per heavy atom. The van der Waals surface area contributed by atoms with E-state index < -0.39 is 11.7 Å². The standard InChI is InChI=1S/C16H21NO3S/c1-16(2,3)20-15(18)17-7-5-11-10-14-12(6-8-21-14)9-13(11)19-4/h6,8-10H,5,7H2,1-4H3,(H,17,18). The van der Waals surface area contributed by atoms with E-state index in [0.29, 0.717) is 13.0 Å². The minimum Gasteiger partial charge on any atom is -0.496 e. The largest absolute Gasteiger partial charge is 0.496 e. The summed E-state index contributed by atoms with van der Waals surface area (Å²) in [6.07, 6.45) is 0.314. The first-order valence-electron chi connectivity index (χ1n) is 6.90. The van der Waals surface area contributed by atoms with Gasteiger partial charge >= 0.3 is 6.09 Å². The van der Waals surface area contributed by atoms with Gasteiger partial charge in [-0.25, -0.2) is 4.79 Å². The molecule has 0 aliphatic heterocycles. The van der Waals surface area contributed by atoms with E-state index in [-0.39, 0.29) is 0 Å². The van der Waals surface area contributed by atoms with Crippen LogP contribution in [0.2, 0.25) is 0 Å². The van der Waals surface area contributed by atoms with Gasteiger partial charge in [-0.05, 0) is 61.7 Å². The van der Waals surface area contributed by atoms with Crippen molar-refractivity contribution in [3.63, 3.8) is 0 Å². The third-order valence-electron chi connectivity index (χ3n) is 2.92. The second kappa shape index (κ2) is 6.35. The molecule has 1 amide bonds. The highest BCUT2D eigenvalue weighted by atomic mass is 32.1. The molecule has 0 atom stereocenters. The minimum atomic E-state index is -0.475. The summed E-state index contributed by atoms with van der Waals surface area (Å²) in [4.78, 5) is 11.6. The summed E-state index contributed by atoms with van der Waals surface area (Å²) in [5, 5.41) is 6.01. The Kier molecular flexibility index (Phi) is 4.73. The van der Waals surface area contributed by atoms with E-state index >= 15 is 0 Å². The van der Waals surface area contributed by atoms with Gasteiger partial charge in [0, 0.05) is 11.2 Å². The van der Waals surface area contributed by atoms with Crippen LogP contribution >= 0.6 is 11.3 Å². The maximum Gasteiger partial charge on any atom is 0.407 e. The summed E-state index contributed by atoms with van der Waals surface area (Å²) in [6.45, 7) is 6.06. The van der Waals surface area contributed by atoms with Crippen LogP contribution in [0.4, 0.5) is 4.79 Å². The molecule has 1 heterocycles. The van der Waals surface area contributed by atoms with Gasteiger partial charge in [0.1, 0.15) is 11.4 Å². The number of carbonyl (C=O) groups is 1. The van der Waals surface area contributed by atoms with Crippen LogP contribution in [-0.4, -0.2) is 25.3 Å². The normalized spacial score (nSPS) is 11.4. The van der Waals surface area contributed by atoms with Gasteiger partial charge in [0.2, 0.25) is 0 Å². The van der Waals surface area contributed by atoms with Crippen molar-refractivity contribution in [2.45, 2.75) is 32.8 Å². The first-order chi connectivity index (χ1) is 9.89. The van der Waals surface area contributed by atoms with Gasteiger partial charge in [0.25, 0.3) is 0 Å². The van der Waals surface area contributed by atoms with Crippen molar-refractivity contribution in [3.8, 4) is 5.75 Å². The Morgan fingerprint density at radius 3 is 2.76 bits per heavy atom. The van der Waals surface area contributed by atoms with Gasteiger partial charge in [-0.2, -0.15) is 0 Å². The lowest BCUT2D eigenvalue weighted by Crippen LogP contribution is -2.33. The third kappa shape index (κ3) is 4.36. The Balaban J connectivity index is 1.98. The first kappa shape index (κ1) is 15.6. The summed E-state index contributed by atoms with van der Waals surface area (Å²) < 4.78 is 11.9. The lowest BCUT2D eigenvalue weighted by Gasteiger charge is -2.19. The lowest BCUT2D eigenvalue weighted by molar-refractivity contribution is 0.0528. The number of amides is 1. The fourth-order valence-electron chi connectivity index (χ4n) is 2.03. The average molecular weight is 307 g/mol. The molecule has 0 bridgehead atoms. The molecular weight excluding hydrogens is 286 g/mol. The molecule has 0 radical (unpaired) electrons. The highest BCUT2D eigenvalue weighted by Crippen LogP contribution is 2.29. The highest BCUT2D eigenvalue weighted by molar-refractivity contribution is 7.17. The SMILES string of the molecule is COc1cc2ccsc2cc1CCNC(=O)OC(C)(C)C. The molecule has 0 unspecified atom stereocenters. The summed E-state index contributed by atoms with van der Waals surface area (Å²) in [5.41, 5.74) is 0.612. The Labute approximate surface area is 129 Å². The van der Waals surface area contributed by atoms with Gasteiger partial charge in [-0.15, -0.1) is 11.3 Å². The van der Waals surface area contributed by atoms with Crippen molar-refractivity contribution < 1.29 is 14.3 Å². The number of fused-ring (bicyclic) bond motifs is 1. The van der Waals surface area contributed by atoms with Crippen LogP contribution in [0.15, 0.2) is 23.6 Å². The number of nitrogens with one attached hydrogen (secondary N) is 1. The van der Waals surface area contributed by atoms with Crippen LogP contribution in [-0.2, 0) is 11.2 Å². The molecule has 2 aromatic rings. The zero-order valence-corrected chi connectivity index (χ0v) is 13.7. The van der Waals surface area contributed by atoms with Crippen LogP contribution < -0.4 is 10.1 Å². The van der Waals surface area contributed by atoms with E-state index in [1.54, 1.807) is 18.4 Å². The van der Waals surface area contributed by atoms with Gasteiger partial charge in [0.15, 0.2) is 0 Å². The first-order valence-corrected chi connectivity index (χ1v) is 7.78. The molecule has 21 heavy (non-hydrogen) atoms. The molecule has 2 rings (SSSR count). The van der Waals surface area contributed by atoms with Crippen LogP contribution in [0.25, 0.3) is 10.1 Å². The maximum atomic E-state index is 11.6. The fraction of sp³-hybridized carbons (Fsp3) is 0.438. The molecule has 1 aromatic carbocycles. The molecule has 4 nitrogen and oxygen atoms in total. The molecular formula is C16H21NO3S. The number of hydrogen-bond acceptors (Lipinski definition) is 4. The van der Waals surface area contributed by atoms with Gasteiger partial charge < -0.3 is 14.8 Å². The van der Waals surface area contributed by atoms with Crippen LogP contribution in [0.1, 0.15) is 26.3 Å². The number of thiophene rings is 1. The molecule has 114 valence electrons. The molecule has 0 fully saturated rings. The second-order valence-electron chi connectivity index (χ2n) is 5.80. The minimum absolute atomic E-state index is 0.390. The Bertz CT molecular complexity index is 628. The molecule has 0 aliphatic rings. The number of methoxy groups -OCH3 is 1. The van der Waals surface area contributed by atoms with Crippen molar-refractivity contribution in [1.29, 1.82) is 0 Å². The van der Waals surface area contributed by atoms with E-state index in [1.807, 2.05) is 26.8 Å². The van der Waals surface area contributed by atoms with Gasteiger partial charge in [-0.1, -0.05) is 0 Å². The number of carbonyl (C=O) groups excluding carboxylic acids is 1. The molecule has 1 N–H and O–H groups in total. The molecule has 0 aliphatic carbocycles. The van der Waals surface area contributed by atoms with Crippen LogP contribution in [0, 0.1) is 0 Å². The molecule has 0 spiro atoms. The zero-order chi connectivity index (χ0) is 15.5. The Hall–Kier alpha value is -1.75. The van der Waals surface area contributed by atoms with Crippen molar-refractivity contribution >= 4 is 27.5 Å². The quantitative estimate of drug-likeness (QED) is 0.929. The number of rotatable bonds is 4. The van der Waals surface area contributed by atoms with Crippen molar-refractivity contribution in [2.24, 2.45) is 0 Å². The fourth-order valence-corrected chi connectivity index (χ4v) is 2.86. The average Bonchev–Trinajstić information content (AvgIpc) is 2.82. The van der Waals surface area contributed by atoms with E-state index in [2.05, 4.69) is 22.8 Å². The van der Waals surface area contributed by atoms with Crippen LogP contribution in [0.5, 0.6) is 5.75 Å². The highest BCUT2D eigenvalue weighted by Gasteiger charge is 2.15. The van der Waals surface area contributed by atoms with Crippen molar-refractivity contribution in [3.05, 3.63) is 29.1 Å². The molecule has 0 saturated heterocycles. The summed E-state index contributed by atoms with van der Waals surface area (Å²) >= 11 is 1.70. The van der Waals surface area contributed by atoms with Crippen molar-refractivity contribution in [2.75, 3.05) is 13.7 Å². The van der Waals surface area contributed by atoms with Gasteiger partial charge in [-0.3, -0.25) is 0 Å². The van der Waals surface area contributed by atoms with Crippen molar-refractivity contribution in [1.82, 2.24) is 5.32 Å². The van der Waals surface area contributed by atoms with E-state index in [0.717, 1.165) is 11.3 Å². The smallest absolute Gasteiger partial charge is 0.407 e. The molecule has 1 aromatic heterocycles. The third-order valence-corrected chi connectivity index (χ3v) is 3.80. The predicted octanol–water partition coefficient (Wildman–Crippen LogP) is 3.98. The van der Waals surface area contributed by atoms with E-state index in [9.17, 15) is 4.79 Å². The second-order valence-corrected chi connectivity index (χ2v) is 6.75. The van der Waals surface area contributed by atoms with E-state index in [4.69, 9.17) is 9.47 Å². The molecule has 5 heteroatoms. The Morgan fingerprint density at radius 1 is 1.33 bits per heavy atom. The maximum absolute atomic E-state index is 11.6. The molecule has 0 saturated carbocycles. The number of ether oxygens (including phenoxy) is 2. The number of alkyl carbamates (subject to hydrolysis) is 1. The summed E-state index contributed by atoms with van der Waals surface area (Å²) in [7, 11) is 1.67. The summed E-state index contributed by atoms with van der Waals surface area (Å²) in [6, 6.07) is 6.23. The topological polar surface area (TPSA) is 47.6 Å². The number of benzene rings is 1. The summed E-state index contributed by atoms with van der Waals surface area (Å²) in [5.74, 6) is 0.854. The number of hydrogen-bond donors (Lipinski definition) is 1. The van der Waals surface area contributed by atoms with Gasteiger partial charge in [0.05, 0.1) is 7.11 Å². The lowest BCUT2D eigenvalue weighted by atomic mass is 10.1. The monoisotopic (exact) mass is 307 g/mol. The van der Waals surface area contributed by atoms with E-state index in [1.165, 1.54) is 10.1 Å². The van der Waals surface area contributed by atoms with Crippen LogP contribution in [0.3, 0.4) is 0 Å². The zero-order valence-electron chi connectivity index (χ0n) is 12.9. The predicted molar refractivity (Wildman–Crippen MR) is 86.3 cm³/mol.